The zero-order valence-corrected chi connectivity index (χ0v) is 45.9. The Morgan fingerprint density at radius 3 is 1.08 bits per heavy atom. The van der Waals surface area contributed by atoms with Crippen LogP contribution in [0.5, 0.6) is 23.0 Å². The molecule has 6 nitrogen and oxygen atoms in total. The molecular formula is C58H99O6P. The van der Waals surface area contributed by atoms with Crippen LogP contribution in [0.15, 0.2) is 0 Å². The summed E-state index contributed by atoms with van der Waals surface area (Å²) in [4.78, 5) is 11.5. The van der Waals surface area contributed by atoms with E-state index < -0.39 is 7.82 Å². The summed E-state index contributed by atoms with van der Waals surface area (Å²) in [6.45, 7) is 35.6. The molecule has 6 atom stereocenters. The highest BCUT2D eigenvalue weighted by Crippen LogP contribution is 2.54. The maximum Gasteiger partial charge on any atom is 0.584 e. The Balaban J connectivity index is 1.32. The summed E-state index contributed by atoms with van der Waals surface area (Å²) in [5.41, 5.74) is 6.94. The minimum atomic E-state index is -4.58. The molecule has 0 bridgehead atoms. The van der Waals surface area contributed by atoms with Gasteiger partial charge in [0.25, 0.3) is 0 Å². The molecule has 0 aliphatic carbocycles. The Labute approximate surface area is 400 Å². The van der Waals surface area contributed by atoms with Crippen molar-refractivity contribution in [1.82, 2.24) is 0 Å². The van der Waals surface area contributed by atoms with Crippen molar-refractivity contribution in [2.24, 2.45) is 35.5 Å². The Bertz CT molecular complexity index is 1740. The molecule has 0 saturated heterocycles. The van der Waals surface area contributed by atoms with Gasteiger partial charge in [-0.1, -0.05) is 145 Å². The van der Waals surface area contributed by atoms with Crippen molar-refractivity contribution in [1.29, 1.82) is 0 Å². The standard InChI is InChI=1S/C58H99O6P/c1-39(2)23-17-25-41(5)27-19-29-43(7)31-21-35-57(15)37-33-51-49(13)53(45(9)47(11)55(51)61-57)63-65(59,60)64-54-46(10)48(12)56-52(50(54)14)34-38-58(16,62-56)36-22-32-44(8)30-20-28-42(6)26-18-24-40(3)4/h39-44H,17-38H2,1-16H3,(H,59,60)/t41-,42-,43-,44-,57-,58-/m1/s1. The fourth-order valence-electron chi connectivity index (χ4n) is 11.0. The lowest BCUT2D eigenvalue weighted by Crippen LogP contribution is -2.37. The number of hydrogen-bond acceptors (Lipinski definition) is 5. The van der Waals surface area contributed by atoms with Gasteiger partial charge < -0.3 is 18.5 Å². The molecule has 0 saturated carbocycles. The monoisotopic (exact) mass is 923 g/mol. The molecule has 0 radical (unpaired) electrons. The number of phosphoric acid groups is 1. The smallest absolute Gasteiger partial charge is 0.487 e. The number of hydrogen-bond donors (Lipinski definition) is 1. The predicted molar refractivity (Wildman–Crippen MR) is 277 cm³/mol. The highest BCUT2D eigenvalue weighted by molar-refractivity contribution is 7.48. The molecule has 0 amide bonds. The molecule has 0 unspecified atom stereocenters. The summed E-state index contributed by atoms with van der Waals surface area (Å²) in [6, 6.07) is 0. The van der Waals surface area contributed by atoms with Crippen LogP contribution < -0.4 is 18.5 Å². The molecule has 372 valence electrons. The Morgan fingerprint density at radius 2 is 0.769 bits per heavy atom. The average Bonchev–Trinajstić information content (AvgIpc) is 3.22. The van der Waals surface area contributed by atoms with Crippen LogP contribution >= 0.6 is 7.82 Å². The van der Waals surface area contributed by atoms with Gasteiger partial charge in [0.2, 0.25) is 0 Å². The van der Waals surface area contributed by atoms with Crippen LogP contribution in [0.25, 0.3) is 0 Å². The van der Waals surface area contributed by atoms with Crippen molar-refractivity contribution >= 4 is 7.82 Å². The van der Waals surface area contributed by atoms with E-state index in [1.807, 2.05) is 27.7 Å². The molecule has 4 rings (SSSR count). The van der Waals surface area contributed by atoms with Gasteiger partial charge in [0, 0.05) is 11.1 Å². The SMILES string of the molecule is Cc1c(C)c2c(c(C)c1OP(=O)(O)Oc1c(C)c(C)c3c(c1C)CC[C@@](C)(CCC[C@H](C)CCC[C@H](C)CCCC(C)C)O3)CC[C@@](C)(CCC[C@H](C)CCC[C@H](C)CCCC(C)C)O2. The number of phosphoric ester groups is 1. The third-order valence-corrected chi connectivity index (χ3v) is 16.9. The average molecular weight is 923 g/mol. The third-order valence-electron chi connectivity index (χ3n) is 16.1. The van der Waals surface area contributed by atoms with Crippen molar-refractivity contribution in [2.75, 3.05) is 0 Å². The second-order valence-corrected chi connectivity index (χ2v) is 24.8. The van der Waals surface area contributed by atoms with Crippen LogP contribution in [0, 0.1) is 77.0 Å². The number of benzene rings is 2. The molecule has 2 aromatic carbocycles. The van der Waals surface area contributed by atoms with Gasteiger partial charge in [-0.15, -0.1) is 0 Å². The Hall–Kier alpha value is -2.17. The predicted octanol–water partition coefficient (Wildman–Crippen LogP) is 18.1. The fraction of sp³-hybridized carbons (Fsp3) is 0.793. The largest absolute Gasteiger partial charge is 0.584 e. The van der Waals surface area contributed by atoms with E-state index in [2.05, 4.69) is 83.1 Å². The number of fused-ring (bicyclic) bond motifs is 2. The van der Waals surface area contributed by atoms with E-state index in [9.17, 15) is 9.46 Å². The molecule has 2 heterocycles. The molecule has 2 aromatic rings. The van der Waals surface area contributed by atoms with E-state index >= 15 is 0 Å². The van der Waals surface area contributed by atoms with E-state index in [0.29, 0.717) is 11.5 Å². The summed E-state index contributed by atoms with van der Waals surface area (Å²) >= 11 is 0. The van der Waals surface area contributed by atoms with E-state index in [4.69, 9.17) is 18.5 Å². The first-order chi connectivity index (χ1) is 30.4. The second kappa shape index (κ2) is 24.9. The molecule has 1 N–H and O–H groups in total. The molecule has 7 heteroatoms. The third kappa shape index (κ3) is 16.5. The summed E-state index contributed by atoms with van der Waals surface area (Å²) in [5.74, 6) is 7.43. The van der Waals surface area contributed by atoms with Gasteiger partial charge in [0.05, 0.1) is 0 Å². The molecule has 2 aliphatic heterocycles. The second-order valence-electron chi connectivity index (χ2n) is 23.5. The van der Waals surface area contributed by atoms with Crippen LogP contribution in [0.4, 0.5) is 0 Å². The topological polar surface area (TPSA) is 74.2 Å². The van der Waals surface area contributed by atoms with Crippen molar-refractivity contribution in [2.45, 2.75) is 263 Å². The van der Waals surface area contributed by atoms with E-state index in [1.54, 1.807) is 0 Å². The lowest BCUT2D eigenvalue weighted by Gasteiger charge is -2.39. The van der Waals surface area contributed by atoms with Gasteiger partial charge >= 0.3 is 7.82 Å². The Kier molecular flexibility index (Phi) is 21.2. The van der Waals surface area contributed by atoms with Crippen LogP contribution in [0.3, 0.4) is 0 Å². The van der Waals surface area contributed by atoms with Crippen LogP contribution in [0.1, 0.15) is 242 Å². The van der Waals surface area contributed by atoms with Gasteiger partial charge in [-0.05, 0) is 176 Å². The molecule has 2 aliphatic rings. The zero-order valence-electron chi connectivity index (χ0n) is 45.0. The van der Waals surface area contributed by atoms with Crippen LogP contribution in [-0.4, -0.2) is 16.1 Å². The van der Waals surface area contributed by atoms with Crippen LogP contribution in [-0.2, 0) is 17.4 Å². The van der Waals surface area contributed by atoms with E-state index in [-0.39, 0.29) is 11.2 Å². The van der Waals surface area contributed by atoms with Gasteiger partial charge in [0.15, 0.2) is 0 Å². The highest BCUT2D eigenvalue weighted by Gasteiger charge is 2.39. The molecule has 0 fully saturated rings. The maximum absolute atomic E-state index is 14.0. The van der Waals surface area contributed by atoms with Crippen molar-refractivity contribution in [3.8, 4) is 23.0 Å². The minimum Gasteiger partial charge on any atom is -0.487 e. The normalized spacial score (nSPS) is 20.5. The summed E-state index contributed by atoms with van der Waals surface area (Å²) in [6.07, 6.45) is 26.5. The summed E-state index contributed by atoms with van der Waals surface area (Å²) < 4.78 is 40.0. The quantitative estimate of drug-likeness (QED) is 0.0857. The molecule has 65 heavy (non-hydrogen) atoms. The summed E-state index contributed by atoms with van der Waals surface area (Å²) in [5, 5.41) is 0. The Morgan fingerprint density at radius 1 is 0.477 bits per heavy atom. The lowest BCUT2D eigenvalue weighted by atomic mass is 9.84. The zero-order chi connectivity index (χ0) is 48.3. The minimum absolute atomic E-state index is 0.233. The number of rotatable bonds is 28. The van der Waals surface area contributed by atoms with Crippen molar-refractivity contribution < 1.29 is 28.0 Å². The van der Waals surface area contributed by atoms with Crippen molar-refractivity contribution in [3.05, 3.63) is 44.5 Å². The van der Waals surface area contributed by atoms with Gasteiger partial charge in [0.1, 0.15) is 34.2 Å². The first-order valence-electron chi connectivity index (χ1n) is 26.8. The molecule has 0 spiro atoms. The number of ether oxygens (including phenoxy) is 2. The molecular weight excluding hydrogens is 824 g/mol. The van der Waals surface area contributed by atoms with Gasteiger partial charge in [-0.25, -0.2) is 4.57 Å². The highest BCUT2D eigenvalue weighted by atomic mass is 31.2. The first kappa shape index (κ1) is 55.4. The molecule has 0 aromatic heterocycles. The summed E-state index contributed by atoms with van der Waals surface area (Å²) in [7, 11) is -4.58. The van der Waals surface area contributed by atoms with E-state index in [0.717, 1.165) is 143 Å². The fourth-order valence-corrected chi connectivity index (χ4v) is 12.1. The van der Waals surface area contributed by atoms with Gasteiger partial charge in [-0.3, -0.25) is 4.89 Å². The first-order valence-corrected chi connectivity index (χ1v) is 28.3. The van der Waals surface area contributed by atoms with Gasteiger partial charge in [-0.2, -0.15) is 0 Å². The maximum atomic E-state index is 14.0. The van der Waals surface area contributed by atoms with E-state index in [1.165, 1.54) is 89.9 Å². The lowest BCUT2D eigenvalue weighted by molar-refractivity contribution is 0.0509. The van der Waals surface area contributed by atoms with Crippen LogP contribution in [0.2, 0.25) is 0 Å². The van der Waals surface area contributed by atoms with Crippen molar-refractivity contribution in [3.63, 3.8) is 0 Å².